The van der Waals surface area contributed by atoms with Crippen LogP contribution in [0.25, 0.3) is 0 Å². The van der Waals surface area contributed by atoms with Crippen LogP contribution in [0, 0.1) is 25.5 Å². The third-order valence-electron chi connectivity index (χ3n) is 4.79. The number of nitrogen functional groups attached to an aromatic ring is 1. The molecule has 0 saturated carbocycles. The van der Waals surface area contributed by atoms with Crippen LogP contribution in [-0.4, -0.2) is 27.2 Å². The Bertz CT molecular complexity index is 1340. The van der Waals surface area contributed by atoms with Crippen LogP contribution in [0.4, 0.5) is 20.2 Å². The van der Waals surface area contributed by atoms with E-state index in [1.54, 1.807) is 12.1 Å². The van der Waals surface area contributed by atoms with Crippen LogP contribution in [0.5, 0.6) is 11.5 Å². The highest BCUT2D eigenvalue weighted by molar-refractivity contribution is 6.04. The molecule has 37 heavy (non-hydrogen) atoms. The number of carboxylic acid groups (broad SMARTS) is 1. The van der Waals surface area contributed by atoms with E-state index in [-0.39, 0.29) is 11.1 Å². The molecule has 6 N–H and O–H groups in total. The number of carboxylic acids is 1. The van der Waals surface area contributed by atoms with Gasteiger partial charge in [0, 0.05) is 16.9 Å². The number of aromatic carboxylic acids is 1. The first-order chi connectivity index (χ1) is 17.5. The normalized spacial score (nSPS) is 9.73. The molecule has 0 aliphatic rings. The van der Waals surface area contributed by atoms with Gasteiger partial charge in [-0.1, -0.05) is 35.4 Å². The lowest BCUT2D eigenvalue weighted by Crippen LogP contribution is -2.11. The number of aromatic hydroxyl groups is 2. The molecule has 9 heteroatoms. The van der Waals surface area contributed by atoms with Crippen LogP contribution in [0.2, 0.25) is 0 Å². The maximum Gasteiger partial charge on any atom is 0.335 e. The number of nitrogens with one attached hydrogen (secondary N) is 1. The summed E-state index contributed by atoms with van der Waals surface area (Å²) >= 11 is 0. The van der Waals surface area contributed by atoms with Crippen molar-refractivity contribution < 1.29 is 33.7 Å². The van der Waals surface area contributed by atoms with Crippen molar-refractivity contribution in [2.24, 2.45) is 0 Å². The van der Waals surface area contributed by atoms with E-state index in [9.17, 15) is 23.5 Å². The molecule has 7 nitrogen and oxygen atoms in total. The summed E-state index contributed by atoms with van der Waals surface area (Å²) < 4.78 is 25.2. The first-order valence-electron chi connectivity index (χ1n) is 10.9. The Kier molecular flexibility index (Phi) is 10.1. The monoisotopic (exact) mass is 508 g/mol. The number of phenols is 2. The Morgan fingerprint density at radius 1 is 0.703 bits per heavy atom. The Morgan fingerprint density at radius 3 is 1.57 bits per heavy atom. The van der Waals surface area contributed by atoms with Gasteiger partial charge < -0.3 is 26.4 Å². The minimum atomic E-state index is -1.19. The van der Waals surface area contributed by atoms with Gasteiger partial charge in [-0.25, -0.2) is 13.6 Å². The molecule has 0 spiro atoms. The van der Waals surface area contributed by atoms with E-state index in [1.165, 1.54) is 11.6 Å². The molecule has 0 radical (unpaired) electrons. The fourth-order valence-corrected chi connectivity index (χ4v) is 2.71. The summed E-state index contributed by atoms with van der Waals surface area (Å²) in [5.41, 5.74) is 9.31. The molecule has 0 fully saturated rings. The van der Waals surface area contributed by atoms with Gasteiger partial charge >= 0.3 is 5.97 Å². The second-order valence-electron chi connectivity index (χ2n) is 7.87. The van der Waals surface area contributed by atoms with Crippen LogP contribution in [0.3, 0.4) is 0 Å². The van der Waals surface area contributed by atoms with E-state index in [0.29, 0.717) is 5.69 Å². The molecule has 0 heterocycles. The van der Waals surface area contributed by atoms with E-state index in [2.05, 4.69) is 5.32 Å². The summed E-state index contributed by atoms with van der Waals surface area (Å²) in [4.78, 5) is 22.0. The molecule has 4 rings (SSSR count). The van der Waals surface area contributed by atoms with Gasteiger partial charge in [-0.15, -0.1) is 0 Å². The van der Waals surface area contributed by atoms with Crippen molar-refractivity contribution in [3.05, 3.63) is 119 Å². The molecule has 0 aromatic heterocycles. The molecular weight excluding hydrogens is 482 g/mol. The average Bonchev–Trinajstić information content (AvgIpc) is 2.86. The molecule has 0 unspecified atom stereocenters. The highest BCUT2D eigenvalue weighted by atomic mass is 19.1. The highest BCUT2D eigenvalue weighted by Gasteiger charge is 2.09. The minimum Gasteiger partial charge on any atom is -0.505 e. The number of amides is 1. The van der Waals surface area contributed by atoms with Crippen LogP contribution >= 0.6 is 0 Å². The van der Waals surface area contributed by atoms with Crippen molar-refractivity contribution >= 4 is 23.3 Å². The molecule has 4 aromatic carbocycles. The number of rotatable bonds is 3. The molecule has 0 bridgehead atoms. The number of phenolic OH excluding ortho intramolecular Hbond substituents is 2. The number of carbonyl (C=O) groups excluding carboxylic acids is 1. The molecule has 1 amide bonds. The van der Waals surface area contributed by atoms with Crippen LogP contribution in [0.1, 0.15) is 31.8 Å². The Hall–Kier alpha value is -4.92. The van der Waals surface area contributed by atoms with E-state index >= 15 is 0 Å². The van der Waals surface area contributed by atoms with Gasteiger partial charge in [0.25, 0.3) is 5.91 Å². The predicted octanol–water partition coefficient (Wildman–Crippen LogP) is 5.90. The zero-order valence-corrected chi connectivity index (χ0v) is 20.1. The van der Waals surface area contributed by atoms with Crippen molar-refractivity contribution in [3.8, 4) is 11.5 Å². The topological polar surface area (TPSA) is 133 Å². The summed E-state index contributed by atoms with van der Waals surface area (Å²) in [7, 11) is 0. The zero-order valence-electron chi connectivity index (χ0n) is 20.1. The number of hydrogen-bond acceptors (Lipinski definition) is 5. The molecule has 4 aromatic rings. The maximum atomic E-state index is 12.9. The molecule has 0 saturated heterocycles. The molecular formula is C28H26F2N2O5. The van der Waals surface area contributed by atoms with Crippen LogP contribution < -0.4 is 11.1 Å². The van der Waals surface area contributed by atoms with E-state index in [4.69, 9.17) is 15.9 Å². The number of hydrogen-bond donors (Lipinski definition) is 5. The van der Waals surface area contributed by atoms with Gasteiger partial charge in [-0.05, 0) is 74.5 Å². The van der Waals surface area contributed by atoms with Crippen molar-refractivity contribution in [3.63, 3.8) is 0 Å². The van der Waals surface area contributed by atoms with Gasteiger partial charge in [0.1, 0.15) is 0 Å². The number of anilines is 2. The van der Waals surface area contributed by atoms with Crippen molar-refractivity contribution in [1.29, 1.82) is 0 Å². The van der Waals surface area contributed by atoms with E-state index in [0.717, 1.165) is 41.6 Å². The summed E-state index contributed by atoms with van der Waals surface area (Å²) in [6.45, 7) is 3.99. The first kappa shape index (κ1) is 28.3. The molecule has 0 aliphatic heterocycles. The fourth-order valence-electron chi connectivity index (χ4n) is 2.71. The molecule has 0 aliphatic carbocycles. The summed E-state index contributed by atoms with van der Waals surface area (Å²) in [6.07, 6.45) is 0. The lowest BCUT2D eigenvalue weighted by Gasteiger charge is -2.06. The Labute approximate surface area is 212 Å². The molecule has 192 valence electrons. The number of benzene rings is 4. The number of halogens is 2. The average molecular weight is 509 g/mol. The van der Waals surface area contributed by atoms with Crippen molar-refractivity contribution in [2.75, 3.05) is 11.1 Å². The standard InChI is InChI=1S/C14H12FNO2.C7H5FO3.C7H9N/c1-9-2-5-11(6-3-9)16-14(18)10-4-7-12(15)13(17)8-10;8-5-2-1-4(7(10)11)3-6(5)9;1-6-2-4-7(8)5-3-6/h2-8,17H,1H3,(H,16,18);1-3,9H,(H,10,11);2-5H,8H2,1H3. The number of aryl methyl sites for hydroxylation is 2. The number of carbonyl (C=O) groups is 2. The third kappa shape index (κ3) is 9.33. The zero-order chi connectivity index (χ0) is 27.5. The van der Waals surface area contributed by atoms with Crippen LogP contribution in [-0.2, 0) is 0 Å². The van der Waals surface area contributed by atoms with Gasteiger partial charge in [0.15, 0.2) is 23.1 Å². The lowest BCUT2D eigenvalue weighted by atomic mass is 10.2. The third-order valence-corrected chi connectivity index (χ3v) is 4.79. The Morgan fingerprint density at radius 2 is 1.14 bits per heavy atom. The SMILES string of the molecule is Cc1ccc(N)cc1.Cc1ccc(NC(=O)c2ccc(F)c(O)c2)cc1.O=C(O)c1ccc(F)c(O)c1. The predicted molar refractivity (Wildman–Crippen MR) is 138 cm³/mol. The fraction of sp³-hybridized carbons (Fsp3) is 0.0714. The lowest BCUT2D eigenvalue weighted by molar-refractivity contribution is 0.0696. The van der Waals surface area contributed by atoms with Gasteiger partial charge in [-0.3, -0.25) is 4.79 Å². The summed E-state index contributed by atoms with van der Waals surface area (Å²) in [5, 5.41) is 28.9. The molecule has 0 atom stereocenters. The first-order valence-corrected chi connectivity index (χ1v) is 10.9. The second-order valence-corrected chi connectivity index (χ2v) is 7.87. The number of nitrogens with two attached hydrogens (primary N) is 1. The summed E-state index contributed by atoms with van der Waals surface area (Å²) in [5.74, 6) is -4.34. The summed E-state index contributed by atoms with van der Waals surface area (Å²) in [6, 6.07) is 21.4. The van der Waals surface area contributed by atoms with Gasteiger partial charge in [-0.2, -0.15) is 0 Å². The highest BCUT2D eigenvalue weighted by Crippen LogP contribution is 2.18. The smallest absolute Gasteiger partial charge is 0.335 e. The second kappa shape index (κ2) is 13.2. The van der Waals surface area contributed by atoms with Crippen LogP contribution in [0.15, 0.2) is 84.9 Å². The minimum absolute atomic E-state index is 0.135. The van der Waals surface area contributed by atoms with Gasteiger partial charge in [0.05, 0.1) is 5.56 Å². The largest absolute Gasteiger partial charge is 0.505 e. The van der Waals surface area contributed by atoms with Crippen molar-refractivity contribution in [2.45, 2.75) is 13.8 Å². The van der Waals surface area contributed by atoms with E-state index < -0.39 is 35.0 Å². The quantitative estimate of drug-likeness (QED) is 0.219. The van der Waals surface area contributed by atoms with Crippen molar-refractivity contribution in [1.82, 2.24) is 0 Å². The maximum absolute atomic E-state index is 12.9. The van der Waals surface area contributed by atoms with Gasteiger partial charge in [0.2, 0.25) is 0 Å². The van der Waals surface area contributed by atoms with E-state index in [1.807, 2.05) is 50.2 Å². The Balaban J connectivity index is 0.000000215.